The van der Waals surface area contributed by atoms with E-state index in [-0.39, 0.29) is 11.1 Å². The fourth-order valence-electron chi connectivity index (χ4n) is 2.44. The van der Waals surface area contributed by atoms with Crippen molar-refractivity contribution in [2.24, 2.45) is 5.84 Å². The van der Waals surface area contributed by atoms with E-state index in [1.807, 2.05) is 0 Å². The maximum atomic E-state index is 5.47. The monoisotopic (exact) mass is 171 g/mol. The Hall–Kier alpha value is -0.120. The Morgan fingerprint density at radius 2 is 1.58 bits per heavy atom. The minimum Gasteiger partial charge on any atom is -0.307 e. The molecule has 0 aromatic rings. The minimum atomic E-state index is 0.193. The number of nitrogens with two attached hydrogens (primary N) is 1. The van der Waals surface area contributed by atoms with Gasteiger partial charge in [0.2, 0.25) is 0 Å². The summed E-state index contributed by atoms with van der Waals surface area (Å²) in [5.41, 5.74) is 3.26. The standard InChI is InChI=1S/C9H21N3/c1-8(2)5-7(11-10)6-9(3,4)12-8/h7,11-12H,5-6,10H2,1-4H3. The third kappa shape index (κ3) is 2.44. The first-order valence-corrected chi connectivity index (χ1v) is 4.60. The molecule has 72 valence electrons. The number of piperidine rings is 1. The highest BCUT2D eigenvalue weighted by Gasteiger charge is 2.36. The number of rotatable bonds is 1. The van der Waals surface area contributed by atoms with E-state index >= 15 is 0 Å². The summed E-state index contributed by atoms with van der Waals surface area (Å²) in [5, 5.41) is 3.60. The second-order valence-corrected chi connectivity index (χ2v) is 5.16. The van der Waals surface area contributed by atoms with Crippen LogP contribution in [-0.2, 0) is 0 Å². The molecule has 3 nitrogen and oxygen atoms in total. The molecule has 1 saturated heterocycles. The summed E-state index contributed by atoms with van der Waals surface area (Å²) in [6.07, 6.45) is 2.18. The van der Waals surface area contributed by atoms with Crippen LogP contribution in [0.3, 0.4) is 0 Å². The number of hydrogen-bond donors (Lipinski definition) is 3. The van der Waals surface area contributed by atoms with E-state index in [0.29, 0.717) is 6.04 Å². The summed E-state index contributed by atoms with van der Waals surface area (Å²) in [6, 6.07) is 0.441. The highest BCUT2D eigenvalue weighted by Crippen LogP contribution is 2.27. The molecular weight excluding hydrogens is 150 g/mol. The Kier molecular flexibility index (Phi) is 2.47. The molecule has 1 aliphatic rings. The predicted octanol–water partition coefficient (Wildman–Crippen LogP) is 0.759. The first-order chi connectivity index (χ1) is 5.35. The fourth-order valence-corrected chi connectivity index (χ4v) is 2.44. The fraction of sp³-hybridized carbons (Fsp3) is 1.00. The third-order valence-electron chi connectivity index (χ3n) is 2.43. The zero-order chi connectivity index (χ0) is 9.41. The zero-order valence-electron chi connectivity index (χ0n) is 8.57. The summed E-state index contributed by atoms with van der Waals surface area (Å²) in [4.78, 5) is 0. The van der Waals surface area contributed by atoms with Gasteiger partial charge in [0.1, 0.15) is 0 Å². The molecule has 0 bridgehead atoms. The second kappa shape index (κ2) is 2.98. The molecule has 0 aromatic carbocycles. The van der Waals surface area contributed by atoms with E-state index in [0.717, 1.165) is 12.8 Å². The summed E-state index contributed by atoms with van der Waals surface area (Å²) in [7, 11) is 0. The molecule has 0 aliphatic carbocycles. The van der Waals surface area contributed by atoms with Crippen molar-refractivity contribution in [1.82, 2.24) is 10.7 Å². The molecule has 0 amide bonds. The van der Waals surface area contributed by atoms with Gasteiger partial charge in [-0.15, -0.1) is 0 Å². The van der Waals surface area contributed by atoms with Crippen LogP contribution < -0.4 is 16.6 Å². The SMILES string of the molecule is CC1(C)CC(NN)CC(C)(C)N1. The lowest BCUT2D eigenvalue weighted by atomic mass is 9.80. The van der Waals surface area contributed by atoms with Crippen LogP contribution in [0.1, 0.15) is 40.5 Å². The molecule has 1 aliphatic heterocycles. The van der Waals surface area contributed by atoms with Gasteiger partial charge < -0.3 is 5.32 Å². The normalized spacial score (nSPS) is 28.8. The molecule has 0 atom stereocenters. The Bertz CT molecular complexity index is 147. The zero-order valence-corrected chi connectivity index (χ0v) is 8.57. The lowest BCUT2D eigenvalue weighted by Crippen LogP contribution is -2.62. The van der Waals surface area contributed by atoms with Gasteiger partial charge in [0.25, 0.3) is 0 Å². The first-order valence-electron chi connectivity index (χ1n) is 4.60. The molecule has 4 N–H and O–H groups in total. The van der Waals surface area contributed by atoms with Gasteiger partial charge in [-0.2, -0.15) is 0 Å². The van der Waals surface area contributed by atoms with Crippen LogP contribution in [0.2, 0.25) is 0 Å². The van der Waals surface area contributed by atoms with E-state index in [2.05, 4.69) is 38.4 Å². The molecule has 1 rings (SSSR count). The van der Waals surface area contributed by atoms with E-state index in [1.165, 1.54) is 0 Å². The lowest BCUT2D eigenvalue weighted by Gasteiger charge is -2.46. The van der Waals surface area contributed by atoms with E-state index in [4.69, 9.17) is 5.84 Å². The molecule has 0 saturated carbocycles. The predicted molar refractivity (Wildman–Crippen MR) is 51.6 cm³/mol. The highest BCUT2D eigenvalue weighted by molar-refractivity contribution is 4.98. The first kappa shape index (κ1) is 9.96. The quantitative estimate of drug-likeness (QED) is 0.403. The maximum absolute atomic E-state index is 5.47. The van der Waals surface area contributed by atoms with Crippen molar-refractivity contribution < 1.29 is 0 Å². The lowest BCUT2D eigenvalue weighted by molar-refractivity contribution is 0.147. The summed E-state index contributed by atoms with van der Waals surface area (Å²) >= 11 is 0. The van der Waals surface area contributed by atoms with Crippen LogP contribution in [0.4, 0.5) is 0 Å². The van der Waals surface area contributed by atoms with Crippen LogP contribution in [0.15, 0.2) is 0 Å². The summed E-state index contributed by atoms with van der Waals surface area (Å²) in [5.74, 6) is 5.47. The molecular formula is C9H21N3. The number of hydrogen-bond acceptors (Lipinski definition) is 3. The molecule has 0 radical (unpaired) electrons. The highest BCUT2D eigenvalue weighted by atomic mass is 15.2. The van der Waals surface area contributed by atoms with Crippen molar-refractivity contribution in [2.75, 3.05) is 0 Å². The van der Waals surface area contributed by atoms with Gasteiger partial charge in [0, 0.05) is 17.1 Å². The Balaban J connectivity index is 2.66. The molecule has 1 heterocycles. The van der Waals surface area contributed by atoms with Gasteiger partial charge in [0.05, 0.1) is 0 Å². The average Bonchev–Trinajstić information content (AvgIpc) is 1.80. The minimum absolute atomic E-state index is 0.193. The molecule has 0 unspecified atom stereocenters. The van der Waals surface area contributed by atoms with E-state index < -0.39 is 0 Å². The molecule has 0 aromatic heterocycles. The Morgan fingerprint density at radius 3 is 1.92 bits per heavy atom. The smallest absolute Gasteiger partial charge is 0.0245 e. The van der Waals surface area contributed by atoms with Crippen molar-refractivity contribution in [2.45, 2.75) is 57.7 Å². The Labute approximate surface area is 75.1 Å². The van der Waals surface area contributed by atoms with Crippen molar-refractivity contribution in [3.63, 3.8) is 0 Å². The van der Waals surface area contributed by atoms with E-state index in [1.54, 1.807) is 0 Å². The van der Waals surface area contributed by atoms with Gasteiger partial charge in [-0.3, -0.25) is 11.3 Å². The summed E-state index contributed by atoms with van der Waals surface area (Å²) in [6.45, 7) is 8.88. The van der Waals surface area contributed by atoms with Gasteiger partial charge in [-0.25, -0.2) is 0 Å². The van der Waals surface area contributed by atoms with Crippen molar-refractivity contribution in [1.29, 1.82) is 0 Å². The maximum Gasteiger partial charge on any atom is 0.0245 e. The van der Waals surface area contributed by atoms with Gasteiger partial charge in [-0.1, -0.05) is 0 Å². The average molecular weight is 171 g/mol. The summed E-state index contributed by atoms with van der Waals surface area (Å²) < 4.78 is 0. The van der Waals surface area contributed by atoms with Gasteiger partial charge >= 0.3 is 0 Å². The van der Waals surface area contributed by atoms with Crippen LogP contribution in [0.25, 0.3) is 0 Å². The third-order valence-corrected chi connectivity index (χ3v) is 2.43. The van der Waals surface area contributed by atoms with Crippen molar-refractivity contribution in [3.8, 4) is 0 Å². The van der Waals surface area contributed by atoms with Crippen LogP contribution >= 0.6 is 0 Å². The number of hydrazine groups is 1. The van der Waals surface area contributed by atoms with Crippen LogP contribution in [0, 0.1) is 0 Å². The Morgan fingerprint density at radius 1 is 1.17 bits per heavy atom. The largest absolute Gasteiger partial charge is 0.307 e. The number of nitrogens with one attached hydrogen (secondary N) is 2. The van der Waals surface area contributed by atoms with Gasteiger partial charge in [0.15, 0.2) is 0 Å². The molecule has 0 spiro atoms. The second-order valence-electron chi connectivity index (χ2n) is 5.16. The molecule has 12 heavy (non-hydrogen) atoms. The molecule has 1 fully saturated rings. The molecule has 3 heteroatoms. The van der Waals surface area contributed by atoms with Crippen LogP contribution in [-0.4, -0.2) is 17.1 Å². The van der Waals surface area contributed by atoms with Crippen molar-refractivity contribution in [3.05, 3.63) is 0 Å². The van der Waals surface area contributed by atoms with E-state index in [9.17, 15) is 0 Å². The topological polar surface area (TPSA) is 50.1 Å². The van der Waals surface area contributed by atoms with Crippen molar-refractivity contribution >= 4 is 0 Å². The van der Waals surface area contributed by atoms with Gasteiger partial charge in [-0.05, 0) is 40.5 Å². The van der Waals surface area contributed by atoms with Crippen LogP contribution in [0.5, 0.6) is 0 Å².